The van der Waals surface area contributed by atoms with Crippen molar-refractivity contribution in [2.45, 2.75) is 73.9 Å². The average molecular weight is 552 g/mol. The standard InChI is InChI=1S/C17H29B3O12P2S/c1-24-6-12-10(4-16(19)28-12)31-33(21,22)26-7-14-11(5-17(20)30-14)32-34(23,35)27-8-13-9(25-2)3-15(18)29-13/h9-17H,3-8H2,1-2H3,(H,21,22)(H,23,35)/t9-,10-,11-,12-,13-,14-,15-,16-,17-,34?/m1/s1. The van der Waals surface area contributed by atoms with Crippen LogP contribution in [0.3, 0.4) is 0 Å². The van der Waals surface area contributed by atoms with Crippen LogP contribution in [0.15, 0.2) is 0 Å². The fourth-order valence-corrected chi connectivity index (χ4v) is 6.49. The van der Waals surface area contributed by atoms with E-state index in [1.54, 1.807) is 0 Å². The number of hydrogen-bond donors (Lipinski definition) is 2. The SMILES string of the molecule is [B][C@H]1C[C@@H](OC)[C@@H](COP(O)(=S)O[C@@H]2C[C@H]([B])O[C@@H]2COP(=O)(O)O[C@@H]2C[C@H]([B])O[C@@H]2COC)O1. The van der Waals surface area contributed by atoms with Crippen molar-refractivity contribution in [2.75, 3.05) is 34.0 Å². The van der Waals surface area contributed by atoms with Gasteiger partial charge in [-0.05, 0) is 31.1 Å². The molecule has 0 saturated carbocycles. The van der Waals surface area contributed by atoms with Crippen LogP contribution in [0.2, 0.25) is 0 Å². The van der Waals surface area contributed by atoms with E-state index in [2.05, 4.69) is 0 Å². The molecule has 0 spiro atoms. The Bertz CT molecular complexity index is 787. The Morgan fingerprint density at radius 1 is 0.800 bits per heavy atom. The topological polar surface area (TPSA) is 141 Å². The van der Waals surface area contributed by atoms with Gasteiger partial charge in [0.1, 0.15) is 41.9 Å². The third-order valence-corrected chi connectivity index (χ3v) is 8.26. The Labute approximate surface area is 214 Å². The summed E-state index contributed by atoms with van der Waals surface area (Å²) in [5, 5.41) is 0. The summed E-state index contributed by atoms with van der Waals surface area (Å²) in [5.74, 6) is 0. The Balaban J connectivity index is 1.51. The molecule has 3 fully saturated rings. The second-order valence-corrected chi connectivity index (χ2v) is 12.6. The fourth-order valence-electron chi connectivity index (χ4n) is 4.06. The molecule has 3 rings (SSSR count). The van der Waals surface area contributed by atoms with Crippen LogP contribution < -0.4 is 0 Å². The summed E-state index contributed by atoms with van der Waals surface area (Å²) in [7, 11) is 15.8. The minimum Gasteiger partial charge on any atom is -0.382 e. The number of phosphoric ester groups is 1. The molecule has 6 radical (unpaired) electrons. The molecule has 12 nitrogen and oxygen atoms in total. The summed E-state index contributed by atoms with van der Waals surface area (Å²) in [6.45, 7) is -4.17. The van der Waals surface area contributed by atoms with Crippen LogP contribution in [0.1, 0.15) is 19.3 Å². The summed E-state index contributed by atoms with van der Waals surface area (Å²) in [4.78, 5) is 20.7. The molecule has 0 bridgehead atoms. The first-order valence-corrected chi connectivity index (χ1v) is 15.1. The van der Waals surface area contributed by atoms with Gasteiger partial charge < -0.3 is 42.5 Å². The van der Waals surface area contributed by atoms with Gasteiger partial charge in [-0.3, -0.25) is 9.05 Å². The van der Waals surface area contributed by atoms with Crippen LogP contribution in [0, 0.1) is 0 Å². The number of hydrogen-bond acceptors (Lipinski definition) is 11. The minimum absolute atomic E-state index is 0.102. The molecule has 2 N–H and O–H groups in total. The molecule has 18 heteroatoms. The summed E-state index contributed by atoms with van der Waals surface area (Å²) in [5.41, 5.74) is 0. The van der Waals surface area contributed by atoms with E-state index < -0.39 is 69.7 Å². The number of ether oxygens (including phenoxy) is 5. The van der Waals surface area contributed by atoms with E-state index in [9.17, 15) is 14.4 Å². The zero-order valence-corrected chi connectivity index (χ0v) is 22.1. The molecule has 3 heterocycles. The van der Waals surface area contributed by atoms with E-state index in [1.807, 2.05) is 0 Å². The van der Waals surface area contributed by atoms with Crippen molar-refractivity contribution in [3.8, 4) is 0 Å². The summed E-state index contributed by atoms with van der Waals surface area (Å²) < 4.78 is 60.6. The third kappa shape index (κ3) is 9.11. The van der Waals surface area contributed by atoms with Crippen molar-refractivity contribution in [1.82, 2.24) is 0 Å². The lowest BCUT2D eigenvalue weighted by Gasteiger charge is -2.26. The lowest BCUT2D eigenvalue weighted by Crippen LogP contribution is -2.31. The Morgan fingerprint density at radius 2 is 1.26 bits per heavy atom. The van der Waals surface area contributed by atoms with Crippen molar-refractivity contribution in [1.29, 1.82) is 0 Å². The first-order valence-electron chi connectivity index (χ1n) is 11.0. The molecule has 0 aliphatic carbocycles. The molecule has 0 amide bonds. The molecule has 3 saturated heterocycles. The van der Waals surface area contributed by atoms with E-state index >= 15 is 0 Å². The molecule has 3 aliphatic heterocycles. The smallest absolute Gasteiger partial charge is 0.382 e. The molecular formula is C17H29B3O12P2S. The molecule has 0 aromatic heterocycles. The fraction of sp³-hybridized carbons (Fsp3) is 1.00. The largest absolute Gasteiger partial charge is 0.472 e. The number of rotatable bonds is 13. The number of methoxy groups -OCH3 is 2. The molecule has 35 heavy (non-hydrogen) atoms. The second kappa shape index (κ2) is 13.1. The number of phosphoric acid groups is 1. The van der Waals surface area contributed by atoms with Gasteiger partial charge in [0, 0.05) is 32.2 Å². The zero-order valence-electron chi connectivity index (χ0n) is 19.5. The van der Waals surface area contributed by atoms with Gasteiger partial charge in [-0.15, -0.1) is 0 Å². The lowest BCUT2D eigenvalue weighted by atomic mass is 9.96. The van der Waals surface area contributed by atoms with Crippen molar-refractivity contribution in [3.63, 3.8) is 0 Å². The second-order valence-electron chi connectivity index (χ2n) is 8.39. The first-order chi connectivity index (χ1) is 16.4. The van der Waals surface area contributed by atoms with Crippen molar-refractivity contribution >= 4 is 49.9 Å². The van der Waals surface area contributed by atoms with E-state index in [0.717, 1.165) is 0 Å². The van der Waals surface area contributed by atoms with Crippen LogP contribution in [0.4, 0.5) is 0 Å². The maximum Gasteiger partial charge on any atom is 0.472 e. The van der Waals surface area contributed by atoms with Gasteiger partial charge in [0.15, 0.2) is 0 Å². The van der Waals surface area contributed by atoms with E-state index in [-0.39, 0.29) is 32.2 Å². The van der Waals surface area contributed by atoms with E-state index in [0.29, 0.717) is 6.42 Å². The highest BCUT2D eigenvalue weighted by Crippen LogP contribution is 2.50. The lowest BCUT2D eigenvalue weighted by molar-refractivity contribution is -0.0340. The van der Waals surface area contributed by atoms with Gasteiger partial charge >= 0.3 is 14.5 Å². The Hall–Kier alpha value is 0.635. The molecule has 3 aliphatic rings. The normalized spacial score (nSPS) is 41.1. The van der Waals surface area contributed by atoms with Crippen molar-refractivity contribution in [2.24, 2.45) is 0 Å². The highest BCUT2D eigenvalue weighted by molar-refractivity contribution is 8.07. The Morgan fingerprint density at radius 3 is 1.80 bits per heavy atom. The third-order valence-electron chi connectivity index (χ3n) is 5.66. The quantitative estimate of drug-likeness (QED) is 0.227. The van der Waals surface area contributed by atoms with Gasteiger partial charge in [0.2, 0.25) is 0 Å². The zero-order chi connectivity index (χ0) is 25.8. The van der Waals surface area contributed by atoms with Gasteiger partial charge in [0.25, 0.3) is 0 Å². The highest BCUT2D eigenvalue weighted by atomic mass is 32.5. The molecule has 0 aromatic rings. The van der Waals surface area contributed by atoms with Gasteiger partial charge in [-0.2, -0.15) is 0 Å². The molecule has 2 unspecified atom stereocenters. The molecule has 0 aromatic carbocycles. The predicted octanol–water partition coefficient (Wildman–Crippen LogP) is -0.381. The van der Waals surface area contributed by atoms with Crippen LogP contribution in [0.25, 0.3) is 0 Å². The first kappa shape index (κ1) is 30.2. The molecular weight excluding hydrogens is 523 g/mol. The van der Waals surface area contributed by atoms with Gasteiger partial charge in [0.05, 0.1) is 38.1 Å². The summed E-state index contributed by atoms with van der Waals surface area (Å²) in [6, 6.07) is -1.95. The van der Waals surface area contributed by atoms with Crippen LogP contribution in [-0.4, -0.2) is 122 Å². The summed E-state index contributed by atoms with van der Waals surface area (Å²) >= 11 is 5.10. The molecule has 194 valence electrons. The van der Waals surface area contributed by atoms with E-state index in [4.69, 9.17) is 77.1 Å². The van der Waals surface area contributed by atoms with Crippen LogP contribution in [0.5, 0.6) is 0 Å². The average Bonchev–Trinajstić information content (AvgIpc) is 3.41. The van der Waals surface area contributed by atoms with Crippen molar-refractivity contribution in [3.05, 3.63) is 0 Å². The monoisotopic (exact) mass is 552 g/mol. The molecule has 11 atom stereocenters. The van der Waals surface area contributed by atoms with Gasteiger partial charge in [-0.25, -0.2) is 4.57 Å². The van der Waals surface area contributed by atoms with Crippen LogP contribution in [-0.2, 0) is 58.2 Å². The van der Waals surface area contributed by atoms with Crippen molar-refractivity contribution < 1.29 is 56.1 Å². The summed E-state index contributed by atoms with van der Waals surface area (Å²) in [6.07, 6.45) is -3.27. The van der Waals surface area contributed by atoms with E-state index in [1.165, 1.54) is 14.2 Å². The minimum atomic E-state index is -4.54. The Kier molecular flexibility index (Phi) is 11.3. The predicted molar refractivity (Wildman–Crippen MR) is 128 cm³/mol. The highest BCUT2D eigenvalue weighted by Gasteiger charge is 2.42. The maximum atomic E-state index is 12.5. The van der Waals surface area contributed by atoms with Gasteiger partial charge in [-0.1, -0.05) is 0 Å². The maximum absolute atomic E-state index is 12.5. The van der Waals surface area contributed by atoms with Crippen LogP contribution >= 0.6 is 14.5 Å².